The van der Waals surface area contributed by atoms with Crippen molar-refractivity contribution in [1.29, 1.82) is 0 Å². The van der Waals surface area contributed by atoms with E-state index in [-0.39, 0.29) is 21.4 Å². The van der Waals surface area contributed by atoms with E-state index in [1.54, 1.807) is 19.2 Å². The van der Waals surface area contributed by atoms with Gasteiger partial charge in [0.05, 0.1) is 20.6 Å². The quantitative estimate of drug-likeness (QED) is 0.562. The van der Waals surface area contributed by atoms with Crippen molar-refractivity contribution in [1.82, 2.24) is 0 Å². The summed E-state index contributed by atoms with van der Waals surface area (Å²) < 4.78 is 25.5. The molecule has 1 amide bonds. The number of nitro benzene ring substituents is 1. The molecule has 0 aromatic heterocycles. The van der Waals surface area contributed by atoms with Crippen LogP contribution in [0.5, 0.6) is 0 Å². The molecule has 2 aromatic rings. The van der Waals surface area contributed by atoms with Crippen LogP contribution >= 0.6 is 0 Å². The van der Waals surface area contributed by atoms with Crippen molar-refractivity contribution >= 4 is 32.8 Å². The zero-order chi connectivity index (χ0) is 20.3. The molecule has 0 bridgehead atoms. The Bertz CT molecular complexity index is 1010. The third-order valence-electron chi connectivity index (χ3n) is 4.89. The molecule has 9 heteroatoms. The van der Waals surface area contributed by atoms with E-state index in [4.69, 9.17) is 0 Å². The zero-order valence-electron chi connectivity index (χ0n) is 15.3. The van der Waals surface area contributed by atoms with Gasteiger partial charge in [-0.2, -0.15) is 0 Å². The summed E-state index contributed by atoms with van der Waals surface area (Å²) in [5, 5.41) is 16.1. The lowest BCUT2D eigenvalue weighted by atomic mass is 10.1. The van der Waals surface area contributed by atoms with E-state index in [0.29, 0.717) is 24.2 Å². The standard InChI is InChI=1S/C19H21N3O5S/c1-20-18-10-9-14(22(24)25)12-17(18)19(23)21-13-5-4-8-16(11-13)28(26,27)15-6-2-3-7-15/h4-5,8-12,15,20H,2-3,6-7H2,1H3,(H,21,23). The molecule has 1 fully saturated rings. The lowest BCUT2D eigenvalue weighted by molar-refractivity contribution is -0.384. The van der Waals surface area contributed by atoms with E-state index in [9.17, 15) is 23.3 Å². The third-order valence-corrected chi connectivity index (χ3v) is 7.15. The van der Waals surface area contributed by atoms with Crippen LogP contribution < -0.4 is 10.6 Å². The number of hydrogen-bond donors (Lipinski definition) is 2. The molecule has 0 aliphatic heterocycles. The molecule has 8 nitrogen and oxygen atoms in total. The summed E-state index contributed by atoms with van der Waals surface area (Å²) in [5.41, 5.74) is 0.637. The summed E-state index contributed by atoms with van der Waals surface area (Å²) in [6.45, 7) is 0. The number of benzene rings is 2. The highest BCUT2D eigenvalue weighted by molar-refractivity contribution is 7.92. The SMILES string of the molecule is CNc1ccc([N+](=O)[O-])cc1C(=O)Nc1cccc(S(=O)(=O)C2CCCC2)c1. The Morgan fingerprint density at radius 1 is 1.14 bits per heavy atom. The summed E-state index contributed by atoms with van der Waals surface area (Å²) in [4.78, 5) is 23.3. The molecule has 1 aliphatic rings. The molecule has 2 aromatic carbocycles. The molecular weight excluding hydrogens is 382 g/mol. The summed E-state index contributed by atoms with van der Waals surface area (Å²) in [5.74, 6) is -0.566. The third kappa shape index (κ3) is 3.99. The van der Waals surface area contributed by atoms with Crippen molar-refractivity contribution in [3.63, 3.8) is 0 Å². The molecule has 1 saturated carbocycles. The molecule has 28 heavy (non-hydrogen) atoms. The van der Waals surface area contributed by atoms with Crippen LogP contribution in [0.15, 0.2) is 47.4 Å². The van der Waals surface area contributed by atoms with E-state index in [2.05, 4.69) is 10.6 Å². The molecule has 3 rings (SSSR count). The lowest BCUT2D eigenvalue weighted by Crippen LogP contribution is -2.18. The number of nitrogens with one attached hydrogen (secondary N) is 2. The van der Waals surface area contributed by atoms with Crippen LogP contribution in [0.1, 0.15) is 36.0 Å². The first-order valence-electron chi connectivity index (χ1n) is 8.94. The monoisotopic (exact) mass is 403 g/mol. The van der Waals surface area contributed by atoms with Gasteiger partial charge in [-0.05, 0) is 37.1 Å². The normalized spacial score (nSPS) is 14.6. The number of hydrogen-bond acceptors (Lipinski definition) is 6. The molecule has 0 saturated heterocycles. The van der Waals surface area contributed by atoms with E-state index in [1.807, 2.05) is 0 Å². The van der Waals surface area contributed by atoms with E-state index >= 15 is 0 Å². The lowest BCUT2D eigenvalue weighted by Gasteiger charge is -2.13. The van der Waals surface area contributed by atoms with Crippen LogP contribution in [-0.4, -0.2) is 31.5 Å². The summed E-state index contributed by atoms with van der Waals surface area (Å²) >= 11 is 0. The second kappa shape index (κ2) is 7.97. The minimum Gasteiger partial charge on any atom is -0.387 e. The summed E-state index contributed by atoms with van der Waals surface area (Å²) in [6.07, 6.45) is 3.11. The maximum atomic E-state index is 12.8. The Kier molecular flexibility index (Phi) is 5.64. The van der Waals surface area contributed by atoms with Gasteiger partial charge in [-0.3, -0.25) is 14.9 Å². The van der Waals surface area contributed by atoms with Crippen molar-refractivity contribution in [2.24, 2.45) is 0 Å². The van der Waals surface area contributed by atoms with Gasteiger partial charge in [-0.25, -0.2) is 8.42 Å². The van der Waals surface area contributed by atoms with Crippen molar-refractivity contribution in [2.75, 3.05) is 17.7 Å². The minimum atomic E-state index is -3.45. The Morgan fingerprint density at radius 3 is 2.50 bits per heavy atom. The first-order valence-corrected chi connectivity index (χ1v) is 10.5. The summed E-state index contributed by atoms with van der Waals surface area (Å²) in [6, 6.07) is 10.1. The predicted molar refractivity (Wildman–Crippen MR) is 106 cm³/mol. The fraction of sp³-hybridized carbons (Fsp3) is 0.316. The van der Waals surface area contributed by atoms with Gasteiger partial charge in [-0.15, -0.1) is 0 Å². The highest BCUT2D eigenvalue weighted by Gasteiger charge is 2.30. The van der Waals surface area contributed by atoms with Crippen molar-refractivity contribution in [2.45, 2.75) is 35.8 Å². The first-order chi connectivity index (χ1) is 13.3. The minimum absolute atomic E-state index is 0.0979. The number of rotatable bonds is 6. The van der Waals surface area contributed by atoms with E-state index in [0.717, 1.165) is 12.8 Å². The van der Waals surface area contributed by atoms with Gasteiger partial charge in [0.1, 0.15) is 0 Å². The zero-order valence-corrected chi connectivity index (χ0v) is 16.2. The van der Waals surface area contributed by atoms with Gasteiger partial charge >= 0.3 is 0 Å². The van der Waals surface area contributed by atoms with Gasteiger partial charge in [0, 0.05) is 30.6 Å². The highest BCUT2D eigenvalue weighted by atomic mass is 32.2. The van der Waals surface area contributed by atoms with Crippen molar-refractivity contribution in [3.05, 3.63) is 58.1 Å². The van der Waals surface area contributed by atoms with Crippen LogP contribution in [0.4, 0.5) is 17.1 Å². The number of nitrogens with zero attached hydrogens (tertiary/aromatic N) is 1. The number of carbonyl (C=O) groups excluding carboxylic acids is 1. The Labute approximate surface area is 163 Å². The smallest absolute Gasteiger partial charge is 0.270 e. The number of carbonyl (C=O) groups is 1. The van der Waals surface area contributed by atoms with E-state index in [1.165, 1.54) is 30.3 Å². The molecule has 0 radical (unpaired) electrons. The topological polar surface area (TPSA) is 118 Å². The first kappa shape index (κ1) is 19.8. The molecule has 0 heterocycles. The Hall–Kier alpha value is -2.94. The largest absolute Gasteiger partial charge is 0.387 e. The van der Waals surface area contributed by atoms with Crippen LogP contribution in [0, 0.1) is 10.1 Å². The average molecular weight is 403 g/mol. The maximum Gasteiger partial charge on any atom is 0.270 e. The number of nitro groups is 1. The van der Waals surface area contributed by atoms with E-state index < -0.39 is 20.7 Å². The van der Waals surface area contributed by atoms with Crippen molar-refractivity contribution in [3.8, 4) is 0 Å². The Balaban J connectivity index is 1.87. The molecule has 1 aliphatic carbocycles. The fourth-order valence-electron chi connectivity index (χ4n) is 3.39. The van der Waals surface area contributed by atoms with Crippen LogP contribution in [-0.2, 0) is 9.84 Å². The molecule has 0 unspecified atom stereocenters. The molecule has 0 atom stereocenters. The predicted octanol–water partition coefficient (Wildman–Crippen LogP) is 3.61. The number of amides is 1. The number of anilines is 2. The van der Waals surface area contributed by atoms with Crippen LogP contribution in [0.2, 0.25) is 0 Å². The summed E-state index contributed by atoms with van der Waals surface area (Å²) in [7, 11) is -1.84. The van der Waals surface area contributed by atoms with Gasteiger partial charge in [-0.1, -0.05) is 18.9 Å². The van der Waals surface area contributed by atoms with Crippen LogP contribution in [0.25, 0.3) is 0 Å². The average Bonchev–Trinajstić information content (AvgIpc) is 3.23. The molecular formula is C19H21N3O5S. The number of sulfone groups is 1. The van der Waals surface area contributed by atoms with Gasteiger partial charge in [0.2, 0.25) is 0 Å². The van der Waals surface area contributed by atoms with Gasteiger partial charge < -0.3 is 10.6 Å². The van der Waals surface area contributed by atoms with Gasteiger partial charge in [0.25, 0.3) is 11.6 Å². The van der Waals surface area contributed by atoms with Crippen molar-refractivity contribution < 1.29 is 18.1 Å². The van der Waals surface area contributed by atoms with Gasteiger partial charge in [0.15, 0.2) is 9.84 Å². The second-order valence-corrected chi connectivity index (χ2v) is 8.90. The molecule has 0 spiro atoms. The fourth-order valence-corrected chi connectivity index (χ4v) is 5.29. The number of non-ortho nitro benzene ring substituents is 1. The maximum absolute atomic E-state index is 12.8. The highest BCUT2D eigenvalue weighted by Crippen LogP contribution is 2.31. The Morgan fingerprint density at radius 2 is 1.86 bits per heavy atom. The molecule has 148 valence electrons. The molecule has 2 N–H and O–H groups in total. The van der Waals surface area contributed by atoms with Crippen LogP contribution in [0.3, 0.4) is 0 Å². The second-order valence-electron chi connectivity index (χ2n) is 6.67.